The topological polar surface area (TPSA) is 78.5 Å². The van der Waals surface area contributed by atoms with Crippen molar-refractivity contribution in [3.8, 4) is 11.1 Å². The summed E-state index contributed by atoms with van der Waals surface area (Å²) in [6, 6.07) is 10.0. The highest BCUT2D eigenvalue weighted by atomic mass is 16.5. The van der Waals surface area contributed by atoms with Crippen molar-refractivity contribution < 1.29 is 14.6 Å². The van der Waals surface area contributed by atoms with Crippen molar-refractivity contribution in [3.05, 3.63) is 47.8 Å². The number of H-pyrrole nitrogens is 1. The van der Waals surface area contributed by atoms with Gasteiger partial charge in [-0.1, -0.05) is 12.1 Å². The summed E-state index contributed by atoms with van der Waals surface area (Å²) in [7, 11) is 0. The van der Waals surface area contributed by atoms with Crippen molar-refractivity contribution in [2.24, 2.45) is 0 Å². The molecule has 1 aliphatic rings. The van der Waals surface area contributed by atoms with Crippen LogP contribution in [0, 0.1) is 6.92 Å². The number of rotatable bonds is 4. The van der Waals surface area contributed by atoms with Gasteiger partial charge in [0.1, 0.15) is 12.3 Å². The molecule has 2 N–H and O–H groups in total. The van der Waals surface area contributed by atoms with E-state index in [1.165, 1.54) is 0 Å². The number of hydrogen-bond donors (Lipinski definition) is 2. The molecule has 3 heterocycles. The van der Waals surface area contributed by atoms with Gasteiger partial charge in [0.15, 0.2) is 0 Å². The normalized spacial score (nSPS) is 15.0. The van der Waals surface area contributed by atoms with Crippen molar-refractivity contribution >= 4 is 22.6 Å². The van der Waals surface area contributed by atoms with E-state index in [4.69, 9.17) is 4.74 Å². The van der Waals surface area contributed by atoms with Crippen LogP contribution in [-0.4, -0.2) is 47.3 Å². The number of nitrogens with one attached hydrogen (secondary N) is 1. The summed E-state index contributed by atoms with van der Waals surface area (Å²) in [5, 5.41) is 10.4. The number of nitrogens with zero attached hydrogens (tertiary/aromatic N) is 2. The molecule has 3 aromatic rings. The largest absolute Gasteiger partial charge is 0.396 e. The average molecular weight is 351 g/mol. The van der Waals surface area contributed by atoms with Crippen molar-refractivity contribution in [3.63, 3.8) is 0 Å². The van der Waals surface area contributed by atoms with E-state index in [2.05, 4.69) is 16.0 Å². The van der Waals surface area contributed by atoms with Crippen LogP contribution in [0.1, 0.15) is 11.3 Å². The summed E-state index contributed by atoms with van der Waals surface area (Å²) in [6.07, 6.45) is 2.43. The first-order chi connectivity index (χ1) is 12.7. The van der Waals surface area contributed by atoms with E-state index in [1.54, 1.807) is 4.90 Å². The second-order valence-electron chi connectivity index (χ2n) is 6.47. The molecule has 1 aromatic carbocycles. The maximum absolute atomic E-state index is 12.1. The Balaban J connectivity index is 1.74. The number of aryl methyl sites for hydroxylation is 1. The molecule has 1 fully saturated rings. The number of ether oxygens (including phenoxy) is 1. The van der Waals surface area contributed by atoms with Gasteiger partial charge in [-0.25, -0.2) is 4.98 Å². The molecule has 2 aromatic heterocycles. The Kier molecular flexibility index (Phi) is 4.44. The van der Waals surface area contributed by atoms with Crippen molar-refractivity contribution in [1.29, 1.82) is 0 Å². The fraction of sp³-hybridized carbons (Fsp3) is 0.300. The zero-order chi connectivity index (χ0) is 18.1. The van der Waals surface area contributed by atoms with E-state index >= 15 is 0 Å². The van der Waals surface area contributed by atoms with Crippen LogP contribution in [0.4, 0.5) is 5.69 Å². The van der Waals surface area contributed by atoms with E-state index in [9.17, 15) is 9.90 Å². The summed E-state index contributed by atoms with van der Waals surface area (Å²) in [5.74, 6) is -0.0199. The molecular formula is C20H21N3O3. The van der Waals surface area contributed by atoms with Gasteiger partial charge >= 0.3 is 0 Å². The third kappa shape index (κ3) is 2.98. The van der Waals surface area contributed by atoms with Crippen LogP contribution < -0.4 is 4.90 Å². The maximum Gasteiger partial charge on any atom is 0.253 e. The Hall–Kier alpha value is -2.70. The second-order valence-corrected chi connectivity index (χ2v) is 6.47. The first-order valence-corrected chi connectivity index (χ1v) is 8.74. The van der Waals surface area contributed by atoms with Crippen LogP contribution in [0.5, 0.6) is 0 Å². The first kappa shape index (κ1) is 16.8. The fourth-order valence-corrected chi connectivity index (χ4v) is 3.49. The Labute approximate surface area is 151 Å². The van der Waals surface area contributed by atoms with Crippen molar-refractivity contribution in [2.45, 2.75) is 13.3 Å². The van der Waals surface area contributed by atoms with Gasteiger partial charge in [-0.15, -0.1) is 0 Å². The maximum atomic E-state index is 12.1. The van der Waals surface area contributed by atoms with Crippen LogP contribution in [0.15, 0.2) is 36.5 Å². The average Bonchev–Trinajstić information content (AvgIpc) is 2.97. The molecule has 0 spiro atoms. The van der Waals surface area contributed by atoms with Crippen molar-refractivity contribution in [2.75, 3.05) is 31.3 Å². The molecule has 134 valence electrons. The quantitative estimate of drug-likeness (QED) is 0.757. The highest BCUT2D eigenvalue weighted by molar-refractivity contribution is 5.95. The number of hydrogen-bond acceptors (Lipinski definition) is 4. The van der Waals surface area contributed by atoms with Gasteiger partial charge in [-0.05, 0) is 42.7 Å². The molecule has 6 heteroatoms. The minimum absolute atomic E-state index is 0.0199. The Morgan fingerprint density at radius 2 is 2.19 bits per heavy atom. The molecule has 0 aliphatic carbocycles. The molecule has 0 radical (unpaired) electrons. The van der Waals surface area contributed by atoms with E-state index in [-0.39, 0.29) is 19.1 Å². The molecule has 4 rings (SSSR count). The molecule has 1 aliphatic heterocycles. The molecule has 1 amide bonds. The number of amides is 1. The summed E-state index contributed by atoms with van der Waals surface area (Å²) in [5.41, 5.74) is 5.82. The molecule has 0 bridgehead atoms. The summed E-state index contributed by atoms with van der Waals surface area (Å²) in [6.45, 7) is 3.35. The highest BCUT2D eigenvalue weighted by Crippen LogP contribution is 2.29. The smallest absolute Gasteiger partial charge is 0.253 e. The second kappa shape index (κ2) is 6.90. The predicted molar refractivity (Wildman–Crippen MR) is 100 cm³/mol. The number of aromatic amines is 1. The third-order valence-corrected chi connectivity index (χ3v) is 4.81. The number of fused-ring (bicyclic) bond motifs is 1. The van der Waals surface area contributed by atoms with E-state index < -0.39 is 0 Å². The number of aliphatic hydroxyl groups is 1. The van der Waals surface area contributed by atoms with Gasteiger partial charge in [0.25, 0.3) is 5.91 Å². The number of morpholine rings is 1. The molecular weight excluding hydrogens is 330 g/mol. The third-order valence-electron chi connectivity index (χ3n) is 4.81. The van der Waals surface area contributed by atoms with Crippen LogP contribution in [0.2, 0.25) is 0 Å². The molecule has 0 saturated carbocycles. The van der Waals surface area contributed by atoms with Crippen LogP contribution >= 0.6 is 0 Å². The molecule has 6 nitrogen and oxygen atoms in total. The SMILES string of the molecule is Cc1[nH]c2ncc(-c3cccc(N4CCOCC4=O)c3)cc2c1CCO. The Bertz CT molecular complexity index is 964. The number of carbonyl (C=O) groups is 1. The first-order valence-electron chi connectivity index (χ1n) is 8.74. The Morgan fingerprint density at radius 3 is 3.00 bits per heavy atom. The number of aromatic nitrogens is 2. The highest BCUT2D eigenvalue weighted by Gasteiger charge is 2.20. The summed E-state index contributed by atoms with van der Waals surface area (Å²) in [4.78, 5) is 21.7. The number of aliphatic hydroxyl groups excluding tert-OH is 1. The van der Waals surface area contributed by atoms with Crippen molar-refractivity contribution in [1.82, 2.24) is 9.97 Å². The lowest BCUT2D eigenvalue weighted by Gasteiger charge is -2.27. The summed E-state index contributed by atoms with van der Waals surface area (Å²) >= 11 is 0. The number of benzene rings is 1. The van der Waals surface area contributed by atoms with Gasteiger partial charge in [0, 0.05) is 41.7 Å². The van der Waals surface area contributed by atoms with Crippen LogP contribution in [-0.2, 0) is 16.0 Å². The number of carbonyl (C=O) groups excluding carboxylic acids is 1. The van der Waals surface area contributed by atoms with Gasteiger partial charge in [0.2, 0.25) is 0 Å². The fourth-order valence-electron chi connectivity index (χ4n) is 3.49. The lowest BCUT2D eigenvalue weighted by Crippen LogP contribution is -2.41. The van der Waals surface area contributed by atoms with E-state index in [0.29, 0.717) is 19.6 Å². The van der Waals surface area contributed by atoms with Gasteiger partial charge in [0.05, 0.1) is 6.61 Å². The van der Waals surface area contributed by atoms with Gasteiger partial charge in [-0.3, -0.25) is 4.79 Å². The van der Waals surface area contributed by atoms with Crippen LogP contribution in [0.25, 0.3) is 22.2 Å². The Morgan fingerprint density at radius 1 is 1.31 bits per heavy atom. The van der Waals surface area contributed by atoms with Gasteiger partial charge < -0.3 is 19.7 Å². The number of anilines is 1. The zero-order valence-corrected chi connectivity index (χ0v) is 14.7. The molecule has 0 unspecified atom stereocenters. The number of pyridine rings is 1. The molecule has 1 saturated heterocycles. The molecule has 0 atom stereocenters. The monoisotopic (exact) mass is 351 g/mol. The molecule has 26 heavy (non-hydrogen) atoms. The standard InChI is InChI=1S/C20H21N3O3/c1-13-17(5-7-24)18-10-15(11-21-20(18)22-13)14-3-2-4-16(9-14)23-6-8-26-12-19(23)25/h2-4,9-11,24H,5-8,12H2,1H3,(H,21,22). The summed E-state index contributed by atoms with van der Waals surface area (Å²) < 4.78 is 5.21. The van der Waals surface area contributed by atoms with E-state index in [1.807, 2.05) is 37.4 Å². The minimum atomic E-state index is -0.0199. The van der Waals surface area contributed by atoms with Crippen LogP contribution in [0.3, 0.4) is 0 Å². The predicted octanol–water partition coefficient (Wildman–Crippen LogP) is 2.44. The van der Waals surface area contributed by atoms with E-state index in [0.717, 1.165) is 39.1 Å². The lowest BCUT2D eigenvalue weighted by atomic mass is 10.0. The lowest BCUT2D eigenvalue weighted by molar-refractivity contribution is -0.125. The zero-order valence-electron chi connectivity index (χ0n) is 14.7. The minimum Gasteiger partial charge on any atom is -0.396 e. The van der Waals surface area contributed by atoms with Gasteiger partial charge in [-0.2, -0.15) is 0 Å².